The van der Waals surface area contributed by atoms with Gasteiger partial charge in [0, 0.05) is 30.8 Å². The van der Waals surface area contributed by atoms with Gasteiger partial charge in [0.25, 0.3) is 0 Å². The maximum atomic E-state index is 9.57. The first-order chi connectivity index (χ1) is 7.68. The maximum Gasteiger partial charge on any atom is 0.0911 e. The van der Waals surface area contributed by atoms with Crippen LogP contribution in [0.25, 0.3) is 0 Å². The Bertz CT molecular complexity index is 479. The molecule has 0 aromatic carbocycles. The number of nitrogens with zero attached hydrogens (tertiary/aromatic N) is 2. The molecular weight excluding hydrogens is 224 g/mol. The van der Waals surface area contributed by atoms with E-state index in [0.29, 0.717) is 11.6 Å². The van der Waals surface area contributed by atoms with Crippen LogP contribution in [-0.4, -0.2) is 14.7 Å². The Balaban J connectivity index is 2.27. The first-order valence-corrected chi connectivity index (χ1v) is 5.48. The SMILES string of the molecule is CC(O)c1cccn1Cc1ccncc1Cl. The van der Waals surface area contributed by atoms with Gasteiger partial charge in [0.1, 0.15) is 0 Å². The smallest absolute Gasteiger partial charge is 0.0911 e. The summed E-state index contributed by atoms with van der Waals surface area (Å²) in [7, 11) is 0. The van der Waals surface area contributed by atoms with Crippen molar-refractivity contribution in [3.63, 3.8) is 0 Å². The van der Waals surface area contributed by atoms with Gasteiger partial charge < -0.3 is 9.67 Å². The Morgan fingerprint density at radius 1 is 1.50 bits per heavy atom. The number of hydrogen-bond donors (Lipinski definition) is 1. The Labute approximate surface area is 99.3 Å². The van der Waals surface area contributed by atoms with Crippen LogP contribution in [0.1, 0.15) is 24.3 Å². The molecule has 84 valence electrons. The molecule has 2 aromatic heterocycles. The largest absolute Gasteiger partial charge is 0.387 e. The molecule has 0 amide bonds. The monoisotopic (exact) mass is 236 g/mol. The normalized spacial score (nSPS) is 12.7. The number of aromatic nitrogens is 2. The van der Waals surface area contributed by atoms with Gasteiger partial charge in [-0.1, -0.05) is 11.6 Å². The molecule has 0 spiro atoms. The third-order valence-electron chi connectivity index (χ3n) is 2.49. The van der Waals surface area contributed by atoms with E-state index in [1.54, 1.807) is 19.3 Å². The van der Waals surface area contributed by atoms with Crippen LogP contribution in [0.5, 0.6) is 0 Å². The molecule has 0 saturated heterocycles. The molecule has 16 heavy (non-hydrogen) atoms. The van der Waals surface area contributed by atoms with Crippen molar-refractivity contribution in [3.8, 4) is 0 Å². The van der Waals surface area contributed by atoms with Crippen molar-refractivity contribution in [2.45, 2.75) is 19.6 Å². The summed E-state index contributed by atoms with van der Waals surface area (Å²) in [5.41, 5.74) is 1.88. The molecule has 4 heteroatoms. The molecule has 2 aromatic rings. The molecule has 0 aliphatic heterocycles. The van der Waals surface area contributed by atoms with Gasteiger partial charge in [-0.25, -0.2) is 0 Å². The molecule has 0 aliphatic carbocycles. The van der Waals surface area contributed by atoms with Gasteiger partial charge in [0.05, 0.1) is 11.1 Å². The molecule has 0 fully saturated rings. The molecule has 0 bridgehead atoms. The topological polar surface area (TPSA) is 38.0 Å². The summed E-state index contributed by atoms with van der Waals surface area (Å²) in [5, 5.41) is 10.2. The van der Waals surface area contributed by atoms with E-state index in [0.717, 1.165) is 11.3 Å². The lowest BCUT2D eigenvalue weighted by Gasteiger charge is -2.12. The molecule has 0 radical (unpaired) electrons. The van der Waals surface area contributed by atoms with Crippen molar-refractivity contribution >= 4 is 11.6 Å². The Morgan fingerprint density at radius 3 is 3.00 bits per heavy atom. The fraction of sp³-hybridized carbons (Fsp3) is 0.250. The zero-order valence-electron chi connectivity index (χ0n) is 8.97. The van der Waals surface area contributed by atoms with E-state index in [4.69, 9.17) is 11.6 Å². The van der Waals surface area contributed by atoms with E-state index < -0.39 is 6.10 Å². The zero-order valence-corrected chi connectivity index (χ0v) is 9.72. The van der Waals surface area contributed by atoms with E-state index in [-0.39, 0.29) is 0 Å². The summed E-state index contributed by atoms with van der Waals surface area (Å²) in [6.45, 7) is 2.40. The second-order valence-corrected chi connectivity index (χ2v) is 4.11. The number of aliphatic hydroxyl groups is 1. The molecule has 1 unspecified atom stereocenters. The first kappa shape index (κ1) is 11.2. The number of pyridine rings is 1. The molecule has 3 nitrogen and oxygen atoms in total. The fourth-order valence-electron chi connectivity index (χ4n) is 1.67. The van der Waals surface area contributed by atoms with Crippen molar-refractivity contribution in [3.05, 3.63) is 53.1 Å². The molecule has 1 N–H and O–H groups in total. The highest BCUT2D eigenvalue weighted by Crippen LogP contribution is 2.18. The second kappa shape index (κ2) is 4.68. The number of aliphatic hydroxyl groups excluding tert-OH is 1. The molecule has 0 saturated carbocycles. The van der Waals surface area contributed by atoms with Crippen LogP contribution < -0.4 is 0 Å². The van der Waals surface area contributed by atoms with E-state index in [2.05, 4.69) is 4.98 Å². The van der Waals surface area contributed by atoms with Crippen LogP contribution in [0.3, 0.4) is 0 Å². The van der Waals surface area contributed by atoms with Crippen LogP contribution in [0, 0.1) is 0 Å². The second-order valence-electron chi connectivity index (χ2n) is 3.70. The summed E-state index contributed by atoms with van der Waals surface area (Å²) in [6.07, 6.45) is 4.80. The van der Waals surface area contributed by atoms with Gasteiger partial charge in [-0.15, -0.1) is 0 Å². The Hall–Kier alpha value is -1.32. The van der Waals surface area contributed by atoms with Crippen LogP contribution in [0.15, 0.2) is 36.8 Å². The first-order valence-electron chi connectivity index (χ1n) is 5.10. The van der Waals surface area contributed by atoms with Crippen LogP contribution in [0.4, 0.5) is 0 Å². The highest BCUT2D eigenvalue weighted by molar-refractivity contribution is 6.31. The molecule has 0 aliphatic rings. The van der Waals surface area contributed by atoms with Crippen molar-refractivity contribution in [1.82, 2.24) is 9.55 Å². The predicted octanol–water partition coefficient (Wildman–Crippen LogP) is 2.64. The average Bonchev–Trinajstić information content (AvgIpc) is 2.69. The fourth-order valence-corrected chi connectivity index (χ4v) is 1.85. The Kier molecular flexibility index (Phi) is 3.27. The zero-order chi connectivity index (χ0) is 11.5. The van der Waals surface area contributed by atoms with Gasteiger partial charge in [-0.3, -0.25) is 4.98 Å². The minimum atomic E-state index is -0.476. The average molecular weight is 237 g/mol. The summed E-state index contributed by atoms with van der Waals surface area (Å²) >= 11 is 6.03. The van der Waals surface area contributed by atoms with E-state index in [9.17, 15) is 5.11 Å². The summed E-state index contributed by atoms with van der Waals surface area (Å²) in [4.78, 5) is 3.94. The minimum Gasteiger partial charge on any atom is -0.387 e. The lowest BCUT2D eigenvalue weighted by molar-refractivity contribution is 0.190. The summed E-state index contributed by atoms with van der Waals surface area (Å²) < 4.78 is 1.98. The van der Waals surface area contributed by atoms with Gasteiger partial charge >= 0.3 is 0 Å². The molecule has 2 rings (SSSR count). The van der Waals surface area contributed by atoms with Crippen LogP contribution in [0.2, 0.25) is 5.02 Å². The van der Waals surface area contributed by atoms with Crippen molar-refractivity contribution in [2.24, 2.45) is 0 Å². The summed E-state index contributed by atoms with van der Waals surface area (Å²) in [5.74, 6) is 0. The lowest BCUT2D eigenvalue weighted by Crippen LogP contribution is -2.06. The standard InChI is InChI=1S/C12H13ClN2O/c1-9(16)12-3-2-6-15(12)8-10-4-5-14-7-11(10)13/h2-7,9,16H,8H2,1H3. The van der Waals surface area contributed by atoms with Crippen molar-refractivity contribution < 1.29 is 5.11 Å². The molecule has 2 heterocycles. The van der Waals surface area contributed by atoms with Gasteiger partial charge in [-0.05, 0) is 30.7 Å². The highest BCUT2D eigenvalue weighted by atomic mass is 35.5. The predicted molar refractivity (Wildman–Crippen MR) is 63.4 cm³/mol. The number of rotatable bonds is 3. The molecular formula is C12H13ClN2O. The molecule has 1 atom stereocenters. The highest BCUT2D eigenvalue weighted by Gasteiger charge is 2.08. The van der Waals surface area contributed by atoms with Crippen molar-refractivity contribution in [1.29, 1.82) is 0 Å². The number of halogens is 1. The maximum absolute atomic E-state index is 9.57. The Morgan fingerprint density at radius 2 is 2.31 bits per heavy atom. The quantitative estimate of drug-likeness (QED) is 0.890. The van der Waals surface area contributed by atoms with E-state index in [1.807, 2.05) is 29.0 Å². The third kappa shape index (κ3) is 2.26. The number of hydrogen-bond acceptors (Lipinski definition) is 2. The van der Waals surface area contributed by atoms with Gasteiger partial charge in [-0.2, -0.15) is 0 Å². The third-order valence-corrected chi connectivity index (χ3v) is 2.83. The van der Waals surface area contributed by atoms with Gasteiger partial charge in [0.2, 0.25) is 0 Å². The van der Waals surface area contributed by atoms with Gasteiger partial charge in [0.15, 0.2) is 0 Å². The summed E-state index contributed by atoms with van der Waals surface area (Å²) in [6, 6.07) is 5.70. The van der Waals surface area contributed by atoms with E-state index >= 15 is 0 Å². The van der Waals surface area contributed by atoms with Crippen LogP contribution in [-0.2, 0) is 6.54 Å². The minimum absolute atomic E-state index is 0.476. The van der Waals surface area contributed by atoms with Crippen LogP contribution >= 0.6 is 11.6 Å². The lowest BCUT2D eigenvalue weighted by atomic mass is 10.2. The van der Waals surface area contributed by atoms with E-state index in [1.165, 1.54) is 0 Å². The van der Waals surface area contributed by atoms with Crippen molar-refractivity contribution in [2.75, 3.05) is 0 Å².